The van der Waals surface area contributed by atoms with Crippen molar-refractivity contribution in [3.63, 3.8) is 0 Å². The van der Waals surface area contributed by atoms with Crippen LogP contribution in [0.3, 0.4) is 0 Å². The molecule has 0 spiro atoms. The maximum absolute atomic E-state index is 13.4. The molecule has 0 saturated heterocycles. The third-order valence-electron chi connectivity index (χ3n) is 3.97. The van der Waals surface area contributed by atoms with Gasteiger partial charge in [-0.2, -0.15) is 0 Å². The van der Waals surface area contributed by atoms with Crippen LogP contribution in [0.25, 0.3) is 16.2 Å². The first-order chi connectivity index (χ1) is 10.5. The van der Waals surface area contributed by atoms with Crippen LogP contribution in [0.1, 0.15) is 39.7 Å². The lowest BCUT2D eigenvalue weighted by Gasteiger charge is -2.01. The third kappa shape index (κ3) is 2.02. The van der Waals surface area contributed by atoms with Crippen LogP contribution in [0.5, 0.6) is 0 Å². The van der Waals surface area contributed by atoms with Crippen molar-refractivity contribution in [1.29, 1.82) is 0 Å². The number of carboxylic acids is 1. The number of nitrogens with zero attached hydrogens (tertiary/aromatic N) is 2. The number of thiazole rings is 1. The minimum Gasteiger partial charge on any atom is -0.477 e. The molecule has 0 bridgehead atoms. The highest BCUT2D eigenvalue weighted by Crippen LogP contribution is 2.44. The zero-order valence-corrected chi connectivity index (χ0v) is 12.7. The lowest BCUT2D eigenvalue weighted by Crippen LogP contribution is -1.99. The van der Waals surface area contributed by atoms with Gasteiger partial charge in [0.2, 0.25) is 0 Å². The maximum Gasteiger partial charge on any atom is 0.347 e. The quantitative estimate of drug-likeness (QED) is 0.792. The molecule has 0 radical (unpaired) electrons. The van der Waals surface area contributed by atoms with Gasteiger partial charge in [-0.3, -0.25) is 4.40 Å². The van der Waals surface area contributed by atoms with Gasteiger partial charge < -0.3 is 5.11 Å². The number of carboxylic acid groups (broad SMARTS) is 1. The second kappa shape index (κ2) is 4.64. The van der Waals surface area contributed by atoms with E-state index in [4.69, 9.17) is 0 Å². The Bertz CT molecular complexity index is 908. The van der Waals surface area contributed by atoms with Crippen molar-refractivity contribution >= 4 is 22.3 Å². The summed E-state index contributed by atoms with van der Waals surface area (Å²) >= 11 is 1.20. The van der Waals surface area contributed by atoms with Gasteiger partial charge in [0.15, 0.2) is 4.96 Å². The first-order valence-electron chi connectivity index (χ1n) is 7.06. The number of imidazole rings is 1. The summed E-state index contributed by atoms with van der Waals surface area (Å²) in [4.78, 5) is 17.0. The van der Waals surface area contributed by atoms with E-state index in [0.29, 0.717) is 21.3 Å². The van der Waals surface area contributed by atoms with Gasteiger partial charge in [0, 0.05) is 17.7 Å². The Morgan fingerprint density at radius 1 is 1.45 bits per heavy atom. The van der Waals surface area contributed by atoms with Crippen LogP contribution in [0.4, 0.5) is 4.39 Å². The lowest BCUT2D eigenvalue weighted by atomic mass is 10.1. The van der Waals surface area contributed by atoms with Gasteiger partial charge in [-0.05, 0) is 43.5 Å². The van der Waals surface area contributed by atoms with E-state index in [1.165, 1.54) is 17.4 Å². The maximum atomic E-state index is 13.4. The zero-order valence-electron chi connectivity index (χ0n) is 11.8. The Morgan fingerprint density at radius 3 is 2.86 bits per heavy atom. The highest BCUT2D eigenvalue weighted by atomic mass is 32.1. The van der Waals surface area contributed by atoms with Crippen LogP contribution in [0, 0.1) is 12.7 Å². The molecule has 0 aliphatic heterocycles. The van der Waals surface area contributed by atoms with Crippen molar-refractivity contribution < 1.29 is 14.3 Å². The van der Waals surface area contributed by atoms with Gasteiger partial charge in [-0.15, -0.1) is 0 Å². The van der Waals surface area contributed by atoms with E-state index in [1.807, 2.05) is 10.6 Å². The zero-order chi connectivity index (χ0) is 15.4. The fourth-order valence-electron chi connectivity index (χ4n) is 2.70. The van der Waals surface area contributed by atoms with E-state index >= 15 is 0 Å². The number of rotatable bonds is 3. The van der Waals surface area contributed by atoms with Gasteiger partial charge in [-0.1, -0.05) is 11.3 Å². The van der Waals surface area contributed by atoms with Gasteiger partial charge in [-0.25, -0.2) is 14.2 Å². The Kier molecular flexibility index (Phi) is 2.84. The van der Waals surface area contributed by atoms with E-state index < -0.39 is 5.97 Å². The molecule has 0 unspecified atom stereocenters. The summed E-state index contributed by atoms with van der Waals surface area (Å²) in [6, 6.07) is 4.89. The van der Waals surface area contributed by atoms with E-state index in [2.05, 4.69) is 4.98 Å². The number of hydrogen-bond donors (Lipinski definition) is 1. The third-order valence-corrected chi connectivity index (χ3v) is 5.03. The topological polar surface area (TPSA) is 54.6 Å². The van der Waals surface area contributed by atoms with E-state index in [9.17, 15) is 14.3 Å². The number of hydrogen-bond acceptors (Lipinski definition) is 3. The van der Waals surface area contributed by atoms with Gasteiger partial charge in [0.05, 0.1) is 11.4 Å². The second-order valence-corrected chi connectivity index (χ2v) is 6.62. The van der Waals surface area contributed by atoms with Crippen molar-refractivity contribution in [2.45, 2.75) is 25.7 Å². The standard InChI is InChI=1S/C16H13FN2O2S/c1-8-6-10(4-5-11(8)17)12-7-19-13(9-2-3-9)14(15(20)21)22-16(19)18-12/h4-7,9H,2-3H2,1H3,(H,20,21). The molecule has 1 aromatic carbocycles. The summed E-state index contributed by atoms with van der Waals surface area (Å²) in [6.45, 7) is 1.72. The van der Waals surface area contributed by atoms with Crippen LogP contribution >= 0.6 is 11.3 Å². The number of aromatic nitrogens is 2. The van der Waals surface area contributed by atoms with E-state index in [0.717, 1.165) is 29.8 Å². The second-order valence-electron chi connectivity index (χ2n) is 5.64. The molecule has 1 N–H and O–H groups in total. The average Bonchev–Trinajstić information content (AvgIpc) is 3.11. The minimum atomic E-state index is -0.892. The molecule has 3 aromatic rings. The molecule has 1 saturated carbocycles. The summed E-state index contributed by atoms with van der Waals surface area (Å²) in [6.07, 6.45) is 3.91. The Labute approximate surface area is 129 Å². The normalized spacial score (nSPS) is 14.6. The monoisotopic (exact) mass is 316 g/mol. The summed E-state index contributed by atoms with van der Waals surface area (Å²) in [7, 11) is 0. The molecule has 4 nitrogen and oxygen atoms in total. The molecule has 0 amide bonds. The summed E-state index contributed by atoms with van der Waals surface area (Å²) in [5.74, 6) is -0.815. The van der Waals surface area contributed by atoms with Crippen LogP contribution < -0.4 is 0 Å². The number of carbonyl (C=O) groups is 1. The molecule has 1 aliphatic carbocycles. The fourth-order valence-corrected chi connectivity index (χ4v) is 3.73. The average molecular weight is 316 g/mol. The Hall–Kier alpha value is -2.21. The van der Waals surface area contributed by atoms with Crippen LogP contribution in [0.15, 0.2) is 24.4 Å². The number of halogens is 1. The fraction of sp³-hybridized carbons (Fsp3) is 0.250. The molecule has 6 heteroatoms. The van der Waals surface area contributed by atoms with Gasteiger partial charge >= 0.3 is 5.97 Å². The largest absolute Gasteiger partial charge is 0.477 e. The van der Waals surface area contributed by atoms with Crippen molar-refractivity contribution in [3.05, 3.63) is 46.3 Å². The molecule has 2 aromatic heterocycles. The number of aryl methyl sites for hydroxylation is 1. The molecule has 0 atom stereocenters. The predicted octanol–water partition coefficient (Wildman–Crippen LogP) is 4.09. The smallest absolute Gasteiger partial charge is 0.347 e. The highest BCUT2D eigenvalue weighted by molar-refractivity contribution is 7.19. The van der Waals surface area contributed by atoms with Crippen molar-refractivity contribution in [2.24, 2.45) is 0 Å². The first kappa shape index (κ1) is 13.5. The van der Waals surface area contributed by atoms with Crippen LogP contribution in [0.2, 0.25) is 0 Å². The van der Waals surface area contributed by atoms with Crippen molar-refractivity contribution in [3.8, 4) is 11.3 Å². The molecule has 1 aliphatic rings. The number of fused-ring (bicyclic) bond motifs is 1. The number of benzene rings is 1. The Balaban J connectivity index is 1.87. The van der Waals surface area contributed by atoms with Crippen LogP contribution in [-0.4, -0.2) is 20.5 Å². The molecular formula is C16H13FN2O2S. The van der Waals surface area contributed by atoms with E-state index in [-0.39, 0.29) is 5.82 Å². The summed E-state index contributed by atoms with van der Waals surface area (Å²) in [5.41, 5.74) is 3.01. The molecule has 22 heavy (non-hydrogen) atoms. The van der Waals surface area contributed by atoms with E-state index in [1.54, 1.807) is 19.1 Å². The first-order valence-corrected chi connectivity index (χ1v) is 7.88. The number of aromatic carboxylic acids is 1. The van der Waals surface area contributed by atoms with Crippen molar-refractivity contribution in [1.82, 2.24) is 9.38 Å². The molecular weight excluding hydrogens is 303 g/mol. The highest BCUT2D eigenvalue weighted by Gasteiger charge is 2.33. The summed E-state index contributed by atoms with van der Waals surface area (Å²) < 4.78 is 15.3. The van der Waals surface area contributed by atoms with Crippen LogP contribution in [-0.2, 0) is 0 Å². The van der Waals surface area contributed by atoms with Crippen molar-refractivity contribution in [2.75, 3.05) is 0 Å². The Morgan fingerprint density at radius 2 is 2.23 bits per heavy atom. The van der Waals surface area contributed by atoms with Gasteiger partial charge in [0.1, 0.15) is 10.7 Å². The minimum absolute atomic E-state index is 0.239. The van der Waals surface area contributed by atoms with Gasteiger partial charge in [0.25, 0.3) is 0 Å². The molecule has 112 valence electrons. The SMILES string of the molecule is Cc1cc(-c2cn3c(C4CC4)c(C(=O)O)sc3n2)ccc1F. The molecule has 4 rings (SSSR count). The molecule has 2 heterocycles. The predicted molar refractivity (Wildman–Crippen MR) is 82.1 cm³/mol. The molecule has 1 fully saturated rings. The summed E-state index contributed by atoms with van der Waals surface area (Å²) in [5, 5.41) is 9.34. The lowest BCUT2D eigenvalue weighted by molar-refractivity contribution is 0.0700.